The summed E-state index contributed by atoms with van der Waals surface area (Å²) >= 11 is 15.5. The summed E-state index contributed by atoms with van der Waals surface area (Å²) in [6.45, 7) is 19.2. The fourth-order valence-corrected chi connectivity index (χ4v) is 15.7. The summed E-state index contributed by atoms with van der Waals surface area (Å²) in [4.78, 5) is 0. The van der Waals surface area contributed by atoms with Gasteiger partial charge in [0.2, 0.25) is 0 Å². The van der Waals surface area contributed by atoms with Gasteiger partial charge in [0.1, 0.15) is 0 Å². The van der Waals surface area contributed by atoms with Crippen LogP contribution < -0.4 is 0 Å². The van der Waals surface area contributed by atoms with E-state index in [2.05, 4.69) is 102 Å². The maximum absolute atomic E-state index is 7.75. The summed E-state index contributed by atoms with van der Waals surface area (Å²) in [5, 5.41) is 3.06. The van der Waals surface area contributed by atoms with Gasteiger partial charge in [0, 0.05) is 26.2 Å². The van der Waals surface area contributed by atoms with E-state index in [1.54, 1.807) is 0 Å². The summed E-state index contributed by atoms with van der Waals surface area (Å²) in [5.74, 6) is 0. The van der Waals surface area contributed by atoms with Crippen molar-refractivity contribution in [1.29, 1.82) is 0 Å². The van der Waals surface area contributed by atoms with Gasteiger partial charge in [0.05, 0.1) is 34.7 Å². The van der Waals surface area contributed by atoms with E-state index < -0.39 is 34.7 Å². The molecule has 0 aromatic heterocycles. The second kappa shape index (κ2) is 8.61. The Bertz CT molecular complexity index is 1050. The Kier molecular flexibility index (Phi) is 7.16. The Morgan fingerprint density at radius 2 is 0.938 bits per heavy atom. The van der Waals surface area contributed by atoms with Crippen LogP contribution in [0.5, 0.6) is 0 Å². The van der Waals surface area contributed by atoms with Gasteiger partial charge in [-0.2, -0.15) is 0 Å². The number of halogens is 2. The van der Waals surface area contributed by atoms with Gasteiger partial charge in [-0.15, -0.1) is 23.2 Å². The number of rotatable bonds is 4. The molecule has 32 heavy (non-hydrogen) atoms. The van der Waals surface area contributed by atoms with Crippen LogP contribution in [0.3, 0.4) is 0 Å². The van der Waals surface area contributed by atoms with Crippen LogP contribution in [-0.4, -0.2) is 25.7 Å². The average molecular weight is 593 g/mol. The minimum absolute atomic E-state index is 0. The summed E-state index contributed by atoms with van der Waals surface area (Å²) in [5.41, 5.74) is 8.08. The molecule has 2 aromatic carbocycles. The standard InChI is InChI=1S/C26H34Cl2Si3.Zr/c1-17-23(30(3,4)5)19-13-9-11-15-21(19)25(17,27)29-26(28)18(2)24(31(6,7)8)20-14-10-12-16-22(20)26;/h9-16H,29H2,1-8H3;. The SMILES string of the molecule is CC1=C([Si](C)(C)C)c2ccccc2C1(Cl)[SiH2]C1(Cl)C(C)=C([Si](C)(C)C)c2ccccc21.[Zr]. The molecular weight excluding hydrogens is 559 g/mol. The minimum Gasteiger partial charge on any atom is -0.114 e. The first-order valence-electron chi connectivity index (χ1n) is 11.2. The minimum atomic E-state index is -1.57. The van der Waals surface area contributed by atoms with Crippen molar-refractivity contribution < 1.29 is 26.2 Å². The molecule has 2 aromatic rings. The van der Waals surface area contributed by atoms with Gasteiger partial charge < -0.3 is 0 Å². The fraction of sp³-hybridized carbons (Fsp3) is 0.385. The van der Waals surface area contributed by atoms with E-state index in [1.807, 2.05) is 0 Å². The first kappa shape index (κ1) is 26.6. The molecule has 0 aliphatic heterocycles. The third-order valence-corrected chi connectivity index (χ3v) is 16.0. The van der Waals surface area contributed by atoms with Gasteiger partial charge in [0.25, 0.3) is 0 Å². The molecule has 0 fully saturated rings. The van der Waals surface area contributed by atoms with E-state index in [4.69, 9.17) is 23.2 Å². The predicted molar refractivity (Wildman–Crippen MR) is 148 cm³/mol. The van der Waals surface area contributed by atoms with Crippen LogP contribution in [0.15, 0.2) is 59.7 Å². The number of allylic oxidation sites excluding steroid dienone is 2. The first-order chi connectivity index (χ1) is 14.2. The second-order valence-corrected chi connectivity index (χ2v) is 26.0. The summed E-state index contributed by atoms with van der Waals surface area (Å²) < 4.78 is -0.894. The van der Waals surface area contributed by atoms with E-state index in [1.165, 1.54) is 43.8 Å². The molecule has 0 amide bonds. The number of fused-ring (bicyclic) bond motifs is 2. The number of benzene rings is 2. The molecule has 0 saturated carbocycles. The van der Waals surface area contributed by atoms with Crippen molar-refractivity contribution in [3.8, 4) is 0 Å². The van der Waals surface area contributed by atoms with Crippen molar-refractivity contribution in [3.05, 3.63) is 81.9 Å². The van der Waals surface area contributed by atoms with Crippen LogP contribution in [0, 0.1) is 0 Å². The molecule has 4 rings (SSSR count). The Labute approximate surface area is 227 Å². The molecule has 0 bridgehead atoms. The van der Waals surface area contributed by atoms with E-state index >= 15 is 0 Å². The number of hydrogen-bond acceptors (Lipinski definition) is 0. The van der Waals surface area contributed by atoms with Crippen LogP contribution in [0.1, 0.15) is 36.1 Å². The van der Waals surface area contributed by atoms with E-state index in [0.29, 0.717) is 0 Å². The molecular formula is C26H34Cl2Si3Zr. The van der Waals surface area contributed by atoms with Crippen LogP contribution in [0.4, 0.5) is 0 Å². The Hall–Kier alpha value is 0.0338. The van der Waals surface area contributed by atoms with Crippen molar-refractivity contribution in [3.63, 3.8) is 0 Å². The molecule has 0 N–H and O–H groups in total. The van der Waals surface area contributed by atoms with Gasteiger partial charge in [-0.1, -0.05) is 109 Å². The van der Waals surface area contributed by atoms with Crippen molar-refractivity contribution in [2.75, 3.05) is 0 Å². The Morgan fingerprint density at radius 3 is 1.25 bits per heavy atom. The molecule has 2 atom stereocenters. The topological polar surface area (TPSA) is 0 Å². The molecule has 0 nitrogen and oxygen atoms in total. The molecule has 2 aliphatic carbocycles. The predicted octanol–water partition coefficient (Wildman–Crippen LogP) is 7.67. The molecule has 168 valence electrons. The van der Waals surface area contributed by atoms with Crippen LogP contribution in [-0.2, 0) is 35.2 Å². The van der Waals surface area contributed by atoms with Gasteiger partial charge in [-0.05, 0) is 36.1 Å². The zero-order valence-electron chi connectivity index (χ0n) is 20.6. The summed E-state index contributed by atoms with van der Waals surface area (Å²) in [6.07, 6.45) is 0. The van der Waals surface area contributed by atoms with Crippen molar-refractivity contribution in [1.82, 2.24) is 0 Å². The molecule has 0 saturated heterocycles. The first-order valence-corrected chi connectivity index (χ1v) is 20.4. The molecule has 0 heterocycles. The molecule has 6 heteroatoms. The number of alkyl halides is 2. The molecule has 0 radical (unpaired) electrons. The van der Waals surface area contributed by atoms with Gasteiger partial charge in [0.15, 0.2) is 0 Å². The molecule has 2 aliphatic rings. The van der Waals surface area contributed by atoms with Crippen molar-refractivity contribution >= 4 is 59.3 Å². The largest absolute Gasteiger partial charge is 0.114 e. The molecule has 2 unspecified atom stereocenters. The normalized spacial score (nSPS) is 25.4. The van der Waals surface area contributed by atoms with E-state index in [9.17, 15) is 0 Å². The third-order valence-electron chi connectivity index (χ3n) is 7.17. The Morgan fingerprint density at radius 1 is 0.625 bits per heavy atom. The zero-order valence-corrected chi connectivity index (χ0v) is 28.0. The second-order valence-electron chi connectivity index (χ2n) is 11.4. The average Bonchev–Trinajstić information content (AvgIpc) is 3.01. The van der Waals surface area contributed by atoms with Crippen LogP contribution in [0.2, 0.25) is 39.3 Å². The maximum atomic E-state index is 7.75. The fourth-order valence-electron chi connectivity index (χ4n) is 6.02. The summed E-state index contributed by atoms with van der Waals surface area (Å²) in [7, 11) is -4.20. The van der Waals surface area contributed by atoms with Gasteiger partial charge in [-0.3, -0.25) is 0 Å². The zero-order chi connectivity index (χ0) is 23.0. The van der Waals surface area contributed by atoms with E-state index in [-0.39, 0.29) is 26.2 Å². The monoisotopic (exact) mass is 590 g/mol. The Balaban J connectivity index is 0.00000289. The van der Waals surface area contributed by atoms with Crippen molar-refractivity contribution in [2.45, 2.75) is 62.1 Å². The third kappa shape index (κ3) is 3.95. The van der Waals surface area contributed by atoms with Crippen molar-refractivity contribution in [2.24, 2.45) is 0 Å². The molecule has 0 spiro atoms. The number of hydrogen-bond donors (Lipinski definition) is 0. The van der Waals surface area contributed by atoms with Gasteiger partial charge >= 0.3 is 0 Å². The van der Waals surface area contributed by atoms with Crippen LogP contribution in [0.25, 0.3) is 10.4 Å². The van der Waals surface area contributed by atoms with E-state index in [0.717, 1.165) is 0 Å². The maximum Gasteiger partial charge on any atom is 0.0923 e. The smallest absolute Gasteiger partial charge is 0.0923 e. The van der Waals surface area contributed by atoms with Crippen LogP contribution >= 0.6 is 23.2 Å². The summed E-state index contributed by atoms with van der Waals surface area (Å²) in [6, 6.07) is 17.7. The quantitative estimate of drug-likeness (QED) is 0.253. The van der Waals surface area contributed by atoms with Gasteiger partial charge in [-0.25, -0.2) is 0 Å².